The van der Waals surface area contributed by atoms with Crippen LogP contribution in [0.2, 0.25) is 0 Å². The van der Waals surface area contributed by atoms with Crippen LogP contribution in [0.1, 0.15) is 39.2 Å². The third kappa shape index (κ3) is 2.09. The van der Waals surface area contributed by atoms with Crippen molar-refractivity contribution in [2.24, 2.45) is 5.41 Å². The molecule has 0 unspecified atom stereocenters. The van der Waals surface area contributed by atoms with Crippen molar-refractivity contribution in [1.29, 1.82) is 0 Å². The van der Waals surface area contributed by atoms with Crippen molar-refractivity contribution >= 4 is 17.3 Å². The number of benzene rings is 1. The van der Waals surface area contributed by atoms with Crippen LogP contribution in [-0.4, -0.2) is 19.5 Å². The Labute approximate surface area is 109 Å². The second-order valence-corrected chi connectivity index (χ2v) is 6.03. The van der Waals surface area contributed by atoms with Crippen LogP contribution in [0.5, 0.6) is 0 Å². The van der Waals surface area contributed by atoms with Crippen LogP contribution in [0.4, 0.5) is 11.4 Å². The zero-order valence-electron chi connectivity index (χ0n) is 11.9. The summed E-state index contributed by atoms with van der Waals surface area (Å²) in [6.45, 7) is 8.99. The summed E-state index contributed by atoms with van der Waals surface area (Å²) < 4.78 is 0. The topological polar surface area (TPSA) is 32.3 Å². The molecular weight excluding hydrogens is 224 g/mol. The van der Waals surface area contributed by atoms with E-state index in [1.54, 1.807) is 4.90 Å². The van der Waals surface area contributed by atoms with Gasteiger partial charge in [0.05, 0.1) is 16.8 Å². The average molecular weight is 246 g/mol. The molecule has 0 aliphatic carbocycles. The van der Waals surface area contributed by atoms with E-state index in [0.717, 1.165) is 11.4 Å². The lowest BCUT2D eigenvalue weighted by Gasteiger charge is -2.25. The number of amides is 1. The van der Waals surface area contributed by atoms with Crippen molar-refractivity contribution in [1.82, 2.24) is 0 Å². The molecule has 18 heavy (non-hydrogen) atoms. The van der Waals surface area contributed by atoms with Crippen molar-refractivity contribution in [2.75, 3.05) is 23.8 Å². The van der Waals surface area contributed by atoms with E-state index in [9.17, 15) is 4.79 Å². The van der Waals surface area contributed by atoms with Crippen LogP contribution < -0.4 is 10.2 Å². The number of anilines is 2. The molecule has 3 nitrogen and oxygen atoms in total. The van der Waals surface area contributed by atoms with E-state index in [1.165, 1.54) is 5.56 Å². The van der Waals surface area contributed by atoms with Crippen LogP contribution >= 0.6 is 0 Å². The second-order valence-electron chi connectivity index (χ2n) is 6.03. The van der Waals surface area contributed by atoms with Crippen molar-refractivity contribution in [3.8, 4) is 0 Å². The van der Waals surface area contributed by atoms with Gasteiger partial charge in [0.15, 0.2) is 0 Å². The highest BCUT2D eigenvalue weighted by atomic mass is 16.2. The van der Waals surface area contributed by atoms with E-state index in [4.69, 9.17) is 0 Å². The number of carbonyl (C=O) groups is 1. The summed E-state index contributed by atoms with van der Waals surface area (Å²) in [6.07, 6.45) is 0. The Morgan fingerprint density at radius 3 is 2.61 bits per heavy atom. The first kappa shape index (κ1) is 12.9. The minimum atomic E-state index is -0.369. The van der Waals surface area contributed by atoms with Gasteiger partial charge in [0, 0.05) is 13.6 Å². The van der Waals surface area contributed by atoms with Crippen LogP contribution in [0.15, 0.2) is 18.2 Å². The largest absolute Gasteiger partial charge is 0.382 e. The molecule has 1 amide bonds. The lowest BCUT2D eigenvalue weighted by molar-refractivity contribution is -0.125. The van der Waals surface area contributed by atoms with E-state index >= 15 is 0 Å². The Kier molecular flexibility index (Phi) is 3.09. The molecule has 3 heteroatoms. The van der Waals surface area contributed by atoms with Gasteiger partial charge in [-0.1, -0.05) is 19.9 Å². The van der Waals surface area contributed by atoms with Crippen LogP contribution in [0, 0.1) is 5.41 Å². The molecule has 0 saturated carbocycles. The lowest BCUT2D eigenvalue weighted by Crippen LogP contribution is -2.40. The molecule has 1 aliphatic rings. The monoisotopic (exact) mass is 246 g/mol. The number of hydrogen-bond acceptors (Lipinski definition) is 2. The van der Waals surface area contributed by atoms with Gasteiger partial charge in [-0.2, -0.15) is 0 Å². The predicted octanol–water partition coefficient (Wildman–Crippen LogP) is 3.22. The minimum Gasteiger partial charge on any atom is -0.382 e. The highest BCUT2D eigenvalue weighted by Gasteiger charge is 2.34. The van der Waals surface area contributed by atoms with E-state index < -0.39 is 0 Å². The smallest absolute Gasteiger partial charge is 0.234 e. The van der Waals surface area contributed by atoms with E-state index in [1.807, 2.05) is 27.0 Å². The molecular formula is C15H22N2O. The summed E-state index contributed by atoms with van der Waals surface area (Å²) in [7, 11) is 1.85. The summed E-state index contributed by atoms with van der Waals surface area (Å²) in [5.74, 6) is 0.653. The van der Waals surface area contributed by atoms with Crippen molar-refractivity contribution in [3.63, 3.8) is 0 Å². The molecule has 1 aromatic carbocycles. The Hall–Kier alpha value is -1.51. The Morgan fingerprint density at radius 1 is 1.33 bits per heavy atom. The first-order chi connectivity index (χ1) is 8.33. The number of fused-ring (bicyclic) bond motifs is 1. The maximum absolute atomic E-state index is 12.3. The Bertz CT molecular complexity index is 477. The number of rotatable bonds is 1. The number of nitrogens with one attached hydrogen (secondary N) is 1. The van der Waals surface area contributed by atoms with Crippen LogP contribution in [0.3, 0.4) is 0 Å². The number of hydrogen-bond donors (Lipinski definition) is 1. The highest BCUT2D eigenvalue weighted by Crippen LogP contribution is 2.35. The first-order valence-corrected chi connectivity index (χ1v) is 6.49. The molecule has 98 valence electrons. The number of nitrogens with zero attached hydrogens (tertiary/aromatic N) is 1. The molecule has 0 fully saturated rings. The van der Waals surface area contributed by atoms with E-state index in [-0.39, 0.29) is 11.3 Å². The van der Waals surface area contributed by atoms with Gasteiger partial charge in [-0.15, -0.1) is 0 Å². The fourth-order valence-corrected chi connectivity index (χ4v) is 2.30. The van der Waals surface area contributed by atoms with Crippen LogP contribution in [0.25, 0.3) is 0 Å². The molecule has 1 aromatic rings. The Morgan fingerprint density at radius 2 is 2.00 bits per heavy atom. The van der Waals surface area contributed by atoms with E-state index in [0.29, 0.717) is 12.5 Å². The molecule has 0 radical (unpaired) electrons. The van der Waals surface area contributed by atoms with Gasteiger partial charge < -0.3 is 10.2 Å². The van der Waals surface area contributed by atoms with Gasteiger partial charge in [0.25, 0.3) is 0 Å². The molecule has 1 heterocycles. The van der Waals surface area contributed by atoms with Gasteiger partial charge in [0.1, 0.15) is 0 Å². The first-order valence-electron chi connectivity index (χ1n) is 6.49. The maximum atomic E-state index is 12.3. The molecule has 0 saturated heterocycles. The molecule has 0 spiro atoms. The quantitative estimate of drug-likeness (QED) is 0.825. The molecule has 0 bridgehead atoms. The lowest BCUT2D eigenvalue weighted by atomic mass is 9.92. The third-order valence-electron chi connectivity index (χ3n) is 3.65. The normalized spacial score (nSPS) is 18.3. The standard InChI is InChI=1S/C15H22N2O/c1-10(2)11-6-7-13-12(8-11)16-9-15(3,4)14(18)17(13)5/h6-8,10,16H,9H2,1-5H3. The average Bonchev–Trinajstić information content (AvgIpc) is 2.41. The maximum Gasteiger partial charge on any atom is 0.234 e. The zero-order valence-corrected chi connectivity index (χ0v) is 11.9. The van der Waals surface area contributed by atoms with Crippen molar-refractivity contribution in [2.45, 2.75) is 33.6 Å². The highest BCUT2D eigenvalue weighted by molar-refractivity contribution is 6.01. The van der Waals surface area contributed by atoms with Gasteiger partial charge in [-0.25, -0.2) is 0 Å². The SMILES string of the molecule is CC(C)c1ccc2c(c1)NCC(C)(C)C(=O)N2C. The molecule has 0 aromatic heterocycles. The third-order valence-corrected chi connectivity index (χ3v) is 3.65. The molecule has 0 atom stereocenters. The number of carbonyl (C=O) groups excluding carboxylic acids is 1. The van der Waals surface area contributed by atoms with Crippen LogP contribution in [-0.2, 0) is 4.79 Å². The predicted molar refractivity (Wildman–Crippen MR) is 76.2 cm³/mol. The summed E-state index contributed by atoms with van der Waals surface area (Å²) in [6, 6.07) is 6.30. The summed E-state index contributed by atoms with van der Waals surface area (Å²) in [5.41, 5.74) is 2.95. The van der Waals surface area contributed by atoms with E-state index in [2.05, 4.69) is 31.3 Å². The molecule has 1 N–H and O–H groups in total. The summed E-state index contributed by atoms with van der Waals surface area (Å²) in [4.78, 5) is 14.1. The van der Waals surface area contributed by atoms with Gasteiger partial charge in [-0.3, -0.25) is 4.79 Å². The molecule has 2 rings (SSSR count). The van der Waals surface area contributed by atoms with Crippen molar-refractivity contribution < 1.29 is 4.79 Å². The van der Waals surface area contributed by atoms with Gasteiger partial charge >= 0.3 is 0 Å². The van der Waals surface area contributed by atoms with Gasteiger partial charge in [-0.05, 0) is 37.5 Å². The molecule has 1 aliphatic heterocycles. The Balaban J connectivity index is 2.47. The second kappa shape index (κ2) is 4.30. The fourth-order valence-electron chi connectivity index (χ4n) is 2.30. The summed E-state index contributed by atoms with van der Waals surface area (Å²) in [5, 5.41) is 3.41. The van der Waals surface area contributed by atoms with Crippen molar-refractivity contribution in [3.05, 3.63) is 23.8 Å². The summed E-state index contributed by atoms with van der Waals surface area (Å²) >= 11 is 0. The van der Waals surface area contributed by atoms with Gasteiger partial charge in [0.2, 0.25) is 5.91 Å². The zero-order chi connectivity index (χ0) is 13.5. The minimum absolute atomic E-state index is 0.158. The fraction of sp³-hybridized carbons (Fsp3) is 0.533.